The topological polar surface area (TPSA) is 96.9 Å². The number of aliphatic hydroxyl groups excluding tert-OH is 1. The molecule has 3 N–H and O–H groups in total. The van der Waals surface area contributed by atoms with Crippen molar-refractivity contribution < 1.29 is 14.6 Å². The molecule has 0 radical (unpaired) electrons. The quantitative estimate of drug-likeness (QED) is 0.332. The number of amides is 2. The molecule has 0 bridgehead atoms. The highest BCUT2D eigenvalue weighted by Crippen LogP contribution is 2.30. The number of fused-ring (bicyclic) bond motifs is 1. The Labute approximate surface area is 216 Å². The first-order valence-corrected chi connectivity index (χ1v) is 12.8. The summed E-state index contributed by atoms with van der Waals surface area (Å²) in [7, 11) is 0. The lowest BCUT2D eigenvalue weighted by Crippen LogP contribution is -2.37. The number of rotatable bonds is 9. The van der Waals surface area contributed by atoms with Crippen LogP contribution >= 0.6 is 0 Å². The number of hydrogen-bond donors (Lipinski definition) is 2. The van der Waals surface area contributed by atoms with Crippen LogP contribution in [0.3, 0.4) is 0 Å². The summed E-state index contributed by atoms with van der Waals surface area (Å²) in [6.45, 7) is 4.16. The average molecular weight is 500 g/mol. The number of para-hydroxylation sites is 1. The molecule has 4 aromatic rings. The fraction of sp³-hybridized carbons (Fsp3) is 0.310. The van der Waals surface area contributed by atoms with E-state index in [9.17, 15) is 9.90 Å². The highest BCUT2D eigenvalue weighted by molar-refractivity contribution is 6.00. The first-order valence-electron chi connectivity index (χ1n) is 12.8. The summed E-state index contributed by atoms with van der Waals surface area (Å²) in [5.74, 6) is 1.82. The van der Waals surface area contributed by atoms with E-state index in [2.05, 4.69) is 4.90 Å². The summed E-state index contributed by atoms with van der Waals surface area (Å²) >= 11 is 0. The van der Waals surface area contributed by atoms with Crippen molar-refractivity contribution >= 4 is 28.3 Å². The second kappa shape index (κ2) is 11.5. The van der Waals surface area contributed by atoms with E-state index in [1.807, 2.05) is 83.7 Å². The Bertz CT molecular complexity index is 1320. The Morgan fingerprint density at radius 2 is 1.78 bits per heavy atom. The zero-order valence-electron chi connectivity index (χ0n) is 20.9. The third-order valence-electron chi connectivity index (χ3n) is 6.81. The van der Waals surface area contributed by atoms with Crippen LogP contribution in [-0.2, 0) is 6.54 Å². The average Bonchev–Trinajstić information content (AvgIpc) is 3.32. The number of ether oxygens (including phenoxy) is 1. The predicted molar refractivity (Wildman–Crippen MR) is 145 cm³/mol. The molecule has 5 rings (SSSR count). The summed E-state index contributed by atoms with van der Waals surface area (Å²) in [5, 5.41) is 15.2. The third kappa shape index (κ3) is 6.10. The van der Waals surface area contributed by atoms with Crippen molar-refractivity contribution in [3.05, 3.63) is 79.0 Å². The van der Waals surface area contributed by atoms with E-state index in [1.54, 1.807) is 0 Å². The zero-order chi connectivity index (χ0) is 25.6. The van der Waals surface area contributed by atoms with Crippen LogP contribution in [0.2, 0.25) is 0 Å². The maximum atomic E-state index is 12.4. The molecule has 2 amide bonds. The molecule has 1 fully saturated rings. The minimum Gasteiger partial charge on any atom is -0.457 e. The molecule has 3 aromatic carbocycles. The Morgan fingerprint density at radius 1 is 1.03 bits per heavy atom. The van der Waals surface area contributed by atoms with Crippen LogP contribution in [0.25, 0.3) is 10.9 Å². The summed E-state index contributed by atoms with van der Waals surface area (Å²) in [5.41, 5.74) is 7.89. The van der Waals surface area contributed by atoms with Gasteiger partial charge in [0.25, 0.3) is 0 Å². The van der Waals surface area contributed by atoms with E-state index < -0.39 is 6.03 Å². The molecule has 37 heavy (non-hydrogen) atoms. The number of anilines is 2. The first kappa shape index (κ1) is 24.8. The van der Waals surface area contributed by atoms with Gasteiger partial charge in [0.2, 0.25) is 0 Å². The van der Waals surface area contributed by atoms with Gasteiger partial charge in [-0.3, -0.25) is 9.58 Å². The fourth-order valence-electron chi connectivity index (χ4n) is 4.96. The van der Waals surface area contributed by atoms with Gasteiger partial charge in [0, 0.05) is 31.3 Å². The van der Waals surface area contributed by atoms with Crippen molar-refractivity contribution in [1.29, 1.82) is 0 Å². The Balaban J connectivity index is 1.26. The van der Waals surface area contributed by atoms with Crippen molar-refractivity contribution in [3.8, 4) is 11.5 Å². The second-order valence-electron chi connectivity index (χ2n) is 9.56. The van der Waals surface area contributed by atoms with Crippen LogP contribution in [0.5, 0.6) is 11.5 Å². The zero-order valence-corrected chi connectivity index (χ0v) is 20.9. The van der Waals surface area contributed by atoms with Gasteiger partial charge in [0.05, 0.1) is 16.9 Å². The summed E-state index contributed by atoms with van der Waals surface area (Å²) < 4.78 is 7.82. The monoisotopic (exact) mass is 499 g/mol. The van der Waals surface area contributed by atoms with E-state index in [1.165, 1.54) is 4.90 Å². The normalized spacial score (nSPS) is 16.1. The Hall–Kier alpha value is -3.88. The number of aliphatic hydroxyl groups is 1. The van der Waals surface area contributed by atoms with Crippen LogP contribution in [0.1, 0.15) is 19.3 Å². The molecule has 1 atom stereocenters. The maximum Gasteiger partial charge on any atom is 0.323 e. The highest BCUT2D eigenvalue weighted by Gasteiger charge is 2.19. The molecular weight excluding hydrogens is 466 g/mol. The summed E-state index contributed by atoms with van der Waals surface area (Å²) in [4.78, 5) is 16.3. The number of piperidine rings is 1. The lowest BCUT2D eigenvalue weighted by Gasteiger charge is -2.31. The Kier molecular flexibility index (Phi) is 7.67. The van der Waals surface area contributed by atoms with Crippen LogP contribution in [0, 0.1) is 5.92 Å². The van der Waals surface area contributed by atoms with E-state index >= 15 is 0 Å². The molecule has 1 aliphatic heterocycles. The van der Waals surface area contributed by atoms with E-state index in [0.29, 0.717) is 23.0 Å². The number of carbonyl (C=O) groups is 1. The number of urea groups is 1. The minimum absolute atomic E-state index is 0.275. The van der Waals surface area contributed by atoms with Crippen molar-refractivity contribution in [1.82, 2.24) is 14.7 Å². The Morgan fingerprint density at radius 3 is 2.54 bits per heavy atom. The molecule has 0 saturated carbocycles. The van der Waals surface area contributed by atoms with Gasteiger partial charge >= 0.3 is 6.03 Å². The molecule has 1 unspecified atom stereocenters. The van der Waals surface area contributed by atoms with Crippen LogP contribution in [0.15, 0.2) is 79.0 Å². The second-order valence-corrected chi connectivity index (χ2v) is 9.56. The predicted octanol–water partition coefficient (Wildman–Crippen LogP) is 5.14. The summed E-state index contributed by atoms with van der Waals surface area (Å²) in [6.07, 6.45) is 5.30. The standard InChI is InChI=1S/C29H33N5O3/c30-29(36)34(24-11-13-27(14-12-24)37-26-7-2-1-3-8-26)25-10-9-23-20-33(31-28(23)18-25)17-5-16-32-15-4-6-22(19-32)21-35/h1-3,7-14,18,20,22,35H,4-6,15-17,19,21H2,(H2,30,36). The number of hydrogen-bond acceptors (Lipinski definition) is 5. The smallest absolute Gasteiger partial charge is 0.323 e. The molecule has 0 spiro atoms. The largest absolute Gasteiger partial charge is 0.457 e. The van der Waals surface area contributed by atoms with Crippen LogP contribution in [0.4, 0.5) is 16.2 Å². The number of carbonyl (C=O) groups excluding carboxylic acids is 1. The van der Waals surface area contributed by atoms with Crippen LogP contribution < -0.4 is 15.4 Å². The number of aryl methyl sites for hydroxylation is 1. The number of benzene rings is 3. The molecule has 2 heterocycles. The summed E-state index contributed by atoms with van der Waals surface area (Å²) in [6, 6.07) is 22.0. The van der Waals surface area contributed by atoms with Gasteiger partial charge in [0.1, 0.15) is 11.5 Å². The molecule has 8 nitrogen and oxygen atoms in total. The molecule has 1 aliphatic rings. The van der Waals surface area contributed by atoms with Gasteiger partial charge in [-0.15, -0.1) is 0 Å². The van der Waals surface area contributed by atoms with Crippen molar-refractivity contribution in [2.75, 3.05) is 31.1 Å². The number of nitrogens with zero attached hydrogens (tertiary/aromatic N) is 4. The number of aromatic nitrogens is 2. The lowest BCUT2D eigenvalue weighted by molar-refractivity contribution is 0.118. The number of likely N-dealkylation sites (tertiary alicyclic amines) is 1. The van der Waals surface area contributed by atoms with E-state index in [0.717, 1.165) is 62.1 Å². The van der Waals surface area contributed by atoms with Crippen molar-refractivity contribution in [3.63, 3.8) is 0 Å². The third-order valence-corrected chi connectivity index (χ3v) is 6.81. The van der Waals surface area contributed by atoms with E-state index in [-0.39, 0.29) is 6.61 Å². The van der Waals surface area contributed by atoms with Gasteiger partial charge in [-0.1, -0.05) is 18.2 Å². The van der Waals surface area contributed by atoms with Gasteiger partial charge < -0.3 is 20.5 Å². The lowest BCUT2D eigenvalue weighted by atomic mass is 9.99. The fourth-order valence-corrected chi connectivity index (χ4v) is 4.96. The van der Waals surface area contributed by atoms with Gasteiger partial charge in [0.15, 0.2) is 0 Å². The maximum absolute atomic E-state index is 12.4. The highest BCUT2D eigenvalue weighted by atomic mass is 16.5. The van der Waals surface area contributed by atoms with Gasteiger partial charge in [-0.25, -0.2) is 4.79 Å². The first-order chi connectivity index (χ1) is 18.1. The SMILES string of the molecule is NC(=O)N(c1ccc(Oc2ccccc2)cc1)c1ccc2cn(CCCN3CCCC(CO)C3)nc2c1. The molecule has 8 heteroatoms. The van der Waals surface area contributed by atoms with Crippen molar-refractivity contribution in [2.24, 2.45) is 11.7 Å². The van der Waals surface area contributed by atoms with Gasteiger partial charge in [-0.2, -0.15) is 5.10 Å². The molecule has 1 aromatic heterocycles. The van der Waals surface area contributed by atoms with Gasteiger partial charge in [-0.05, 0) is 92.9 Å². The van der Waals surface area contributed by atoms with Crippen molar-refractivity contribution in [2.45, 2.75) is 25.8 Å². The minimum atomic E-state index is -0.571. The number of nitrogens with two attached hydrogens (primary N) is 1. The number of primary amides is 1. The molecule has 0 aliphatic carbocycles. The molecule has 1 saturated heterocycles. The molecular formula is C29H33N5O3. The van der Waals surface area contributed by atoms with E-state index in [4.69, 9.17) is 15.6 Å². The molecule has 192 valence electrons. The van der Waals surface area contributed by atoms with Crippen LogP contribution in [-0.4, -0.2) is 52.1 Å².